The lowest BCUT2D eigenvalue weighted by molar-refractivity contribution is -0.192. The van der Waals surface area contributed by atoms with Gasteiger partial charge in [-0.05, 0) is 66.8 Å². The number of carboxylic acid groups (broad SMARTS) is 1. The number of ketones is 1. The van der Waals surface area contributed by atoms with Gasteiger partial charge in [0.1, 0.15) is 5.41 Å². The number of Topliss-reactive ketones (excluding diaryl/α,β-unsaturated/α-hetero) is 1. The Bertz CT molecular complexity index is 1470. The van der Waals surface area contributed by atoms with Gasteiger partial charge in [-0.25, -0.2) is 13.6 Å². The highest BCUT2D eigenvalue weighted by Gasteiger charge is 2.66. The minimum Gasteiger partial charge on any atom is -0.475 e. The van der Waals surface area contributed by atoms with Gasteiger partial charge in [-0.15, -0.1) is 0 Å². The van der Waals surface area contributed by atoms with Gasteiger partial charge < -0.3 is 20.8 Å². The van der Waals surface area contributed by atoms with Crippen LogP contribution in [-0.4, -0.2) is 51.7 Å². The van der Waals surface area contributed by atoms with E-state index in [2.05, 4.69) is 10.6 Å². The van der Waals surface area contributed by atoms with E-state index in [-0.39, 0.29) is 35.0 Å². The van der Waals surface area contributed by atoms with Crippen LogP contribution in [0.25, 0.3) is 0 Å². The van der Waals surface area contributed by atoms with Crippen molar-refractivity contribution >= 4 is 34.9 Å². The monoisotopic (exact) mass is 644 g/mol. The number of rotatable bonds is 5. The molecular formula is C31H34ClF5N2O5. The van der Waals surface area contributed by atoms with Crippen molar-refractivity contribution in [1.29, 1.82) is 0 Å². The van der Waals surface area contributed by atoms with Crippen LogP contribution in [0.2, 0.25) is 5.02 Å². The third-order valence-corrected chi connectivity index (χ3v) is 8.71. The lowest BCUT2D eigenvalue weighted by Crippen LogP contribution is -2.49. The average Bonchev–Trinajstić information content (AvgIpc) is 3.33. The standard InChI is InChI=1S/C29H33ClF2N2O3.C2HF3O2/c1-27(2,3)14-22-29(18-9-8-16(30)11-20(18)33-26(29)36)23(17-6-5-7-19(31)24(17)32)25(34-22)21(35)10-15-12-28(4,37)13-15;3-2(4,5)1(6)7/h5-9,11,15,22-23,25,34,37H,10,12-14H2,1-4H3,(H,33,36);(H,6,7)/t15?,22-,23-,25-,28?,29+;/m0./s1. The second-order valence-electron chi connectivity index (χ2n) is 13.3. The summed E-state index contributed by atoms with van der Waals surface area (Å²) >= 11 is 6.24. The molecule has 0 aromatic heterocycles. The summed E-state index contributed by atoms with van der Waals surface area (Å²) in [4.78, 5) is 36.8. The van der Waals surface area contributed by atoms with Crippen molar-refractivity contribution < 1.29 is 46.5 Å². The van der Waals surface area contributed by atoms with Crippen LogP contribution in [0.5, 0.6) is 0 Å². The number of nitrogens with one attached hydrogen (secondary N) is 2. The molecule has 13 heteroatoms. The molecule has 1 amide bonds. The summed E-state index contributed by atoms with van der Waals surface area (Å²) in [6, 6.07) is 7.58. The van der Waals surface area contributed by atoms with Gasteiger partial charge in [-0.1, -0.05) is 50.6 Å². The maximum atomic E-state index is 15.5. The number of hydrogen-bond donors (Lipinski definition) is 4. The maximum Gasteiger partial charge on any atom is 0.490 e. The van der Waals surface area contributed by atoms with Crippen LogP contribution in [0, 0.1) is 23.0 Å². The number of carbonyl (C=O) groups is 3. The Kier molecular flexibility index (Phi) is 8.98. The molecule has 2 heterocycles. The van der Waals surface area contributed by atoms with Crippen LogP contribution in [-0.2, 0) is 19.8 Å². The van der Waals surface area contributed by atoms with Crippen molar-refractivity contribution in [1.82, 2.24) is 5.32 Å². The largest absolute Gasteiger partial charge is 0.490 e. The van der Waals surface area contributed by atoms with E-state index in [9.17, 15) is 32.3 Å². The van der Waals surface area contributed by atoms with E-state index >= 15 is 4.39 Å². The van der Waals surface area contributed by atoms with E-state index in [1.165, 1.54) is 12.1 Å². The molecule has 5 rings (SSSR count). The predicted molar refractivity (Wildman–Crippen MR) is 152 cm³/mol. The van der Waals surface area contributed by atoms with Gasteiger partial charge in [0.2, 0.25) is 5.91 Å². The predicted octanol–water partition coefficient (Wildman–Crippen LogP) is 6.12. The number of amides is 1. The third kappa shape index (κ3) is 6.48. The van der Waals surface area contributed by atoms with Crippen molar-refractivity contribution in [3.05, 3.63) is 64.2 Å². The average molecular weight is 645 g/mol. The van der Waals surface area contributed by atoms with Crippen molar-refractivity contribution in [2.75, 3.05) is 5.32 Å². The zero-order chi connectivity index (χ0) is 33.0. The molecule has 2 aromatic carbocycles. The van der Waals surface area contributed by atoms with Crippen molar-refractivity contribution in [3.63, 3.8) is 0 Å². The fraction of sp³-hybridized carbons (Fsp3) is 0.516. The molecule has 1 saturated carbocycles. The van der Waals surface area contributed by atoms with E-state index in [1.54, 1.807) is 25.1 Å². The van der Waals surface area contributed by atoms with Gasteiger partial charge in [0, 0.05) is 29.1 Å². The third-order valence-electron chi connectivity index (χ3n) is 8.47. The topological polar surface area (TPSA) is 116 Å². The molecule has 3 aliphatic rings. The summed E-state index contributed by atoms with van der Waals surface area (Å²) in [6.45, 7) is 7.87. The first-order valence-corrected chi connectivity index (χ1v) is 14.4. The Labute approximate surface area is 256 Å². The number of carboxylic acids is 1. The number of fused-ring (bicyclic) bond motifs is 2. The van der Waals surface area contributed by atoms with Gasteiger partial charge in [-0.2, -0.15) is 13.2 Å². The highest BCUT2D eigenvalue weighted by Crippen LogP contribution is 2.57. The number of alkyl halides is 3. The molecule has 2 aliphatic heterocycles. The molecule has 0 bridgehead atoms. The van der Waals surface area contributed by atoms with E-state index in [4.69, 9.17) is 21.5 Å². The van der Waals surface area contributed by atoms with Crippen LogP contribution in [0.4, 0.5) is 27.6 Å². The summed E-state index contributed by atoms with van der Waals surface area (Å²) in [7, 11) is 0. The molecule has 2 aromatic rings. The number of aliphatic hydroxyl groups is 1. The van der Waals surface area contributed by atoms with Crippen LogP contribution < -0.4 is 10.6 Å². The number of benzene rings is 2. The first kappa shape index (κ1) is 33.8. The number of halogens is 6. The van der Waals surface area contributed by atoms with Gasteiger partial charge in [0.15, 0.2) is 17.4 Å². The summed E-state index contributed by atoms with van der Waals surface area (Å²) in [6.07, 6.45) is -3.38. The maximum absolute atomic E-state index is 15.5. The Morgan fingerprint density at radius 2 is 1.70 bits per heavy atom. The highest BCUT2D eigenvalue weighted by molar-refractivity contribution is 6.31. The first-order chi connectivity index (χ1) is 20.2. The van der Waals surface area contributed by atoms with Crippen LogP contribution in [0.3, 0.4) is 0 Å². The lowest BCUT2D eigenvalue weighted by atomic mass is 9.61. The molecule has 240 valence electrons. The zero-order valence-corrected chi connectivity index (χ0v) is 25.2. The summed E-state index contributed by atoms with van der Waals surface area (Å²) in [5, 5.41) is 24.1. The number of aliphatic carboxylic acids is 1. The molecule has 0 radical (unpaired) electrons. The van der Waals surface area contributed by atoms with Crippen molar-refractivity contribution in [2.45, 2.75) is 88.6 Å². The molecule has 2 fully saturated rings. The molecule has 7 nitrogen and oxygen atoms in total. The minimum absolute atomic E-state index is 0.000755. The van der Waals surface area contributed by atoms with E-state index in [0.717, 1.165) is 6.07 Å². The number of hydrogen-bond acceptors (Lipinski definition) is 5. The minimum atomic E-state index is -5.08. The van der Waals surface area contributed by atoms with E-state index in [0.29, 0.717) is 35.5 Å². The highest BCUT2D eigenvalue weighted by atomic mass is 35.5. The Morgan fingerprint density at radius 1 is 1.09 bits per heavy atom. The molecule has 4 atom stereocenters. The Morgan fingerprint density at radius 3 is 2.25 bits per heavy atom. The van der Waals surface area contributed by atoms with Crippen molar-refractivity contribution in [2.24, 2.45) is 11.3 Å². The lowest BCUT2D eigenvalue weighted by Gasteiger charge is -2.41. The summed E-state index contributed by atoms with van der Waals surface area (Å²) in [5.74, 6) is -6.34. The summed E-state index contributed by atoms with van der Waals surface area (Å²) < 4.78 is 61.8. The van der Waals surface area contributed by atoms with Crippen LogP contribution >= 0.6 is 11.6 Å². The second kappa shape index (κ2) is 11.7. The molecule has 1 spiro atoms. The summed E-state index contributed by atoms with van der Waals surface area (Å²) in [5.41, 5.74) is -1.24. The fourth-order valence-electron chi connectivity index (χ4n) is 6.94. The van der Waals surface area contributed by atoms with Crippen molar-refractivity contribution in [3.8, 4) is 0 Å². The van der Waals surface area contributed by atoms with Gasteiger partial charge in [-0.3, -0.25) is 9.59 Å². The van der Waals surface area contributed by atoms with E-state index in [1.807, 2.05) is 20.8 Å². The second-order valence-corrected chi connectivity index (χ2v) is 13.8. The van der Waals surface area contributed by atoms with Gasteiger partial charge >= 0.3 is 12.1 Å². The molecule has 1 aliphatic carbocycles. The number of carbonyl (C=O) groups excluding carboxylic acids is 2. The number of anilines is 1. The first-order valence-electron chi connectivity index (χ1n) is 14.0. The Hall–Kier alpha value is -3.09. The molecule has 4 N–H and O–H groups in total. The zero-order valence-electron chi connectivity index (χ0n) is 24.5. The van der Waals surface area contributed by atoms with E-state index < -0.39 is 52.8 Å². The van der Waals surface area contributed by atoms with Gasteiger partial charge in [0.05, 0.1) is 11.6 Å². The molecule has 1 saturated heterocycles. The molecule has 0 unspecified atom stereocenters. The quantitative estimate of drug-likeness (QED) is 0.292. The Balaban J connectivity index is 0.000000566. The van der Waals surface area contributed by atoms with Crippen LogP contribution in [0.15, 0.2) is 36.4 Å². The fourth-order valence-corrected chi connectivity index (χ4v) is 7.12. The van der Waals surface area contributed by atoms with Crippen LogP contribution in [0.1, 0.15) is 70.4 Å². The molecular weight excluding hydrogens is 611 g/mol. The smallest absolute Gasteiger partial charge is 0.475 e. The van der Waals surface area contributed by atoms with Gasteiger partial charge in [0.25, 0.3) is 0 Å². The molecule has 44 heavy (non-hydrogen) atoms. The SMILES string of the molecule is CC(C)(C)C[C@@H]1N[C@@H](C(=O)CC2CC(C)(O)C2)[C@H](c2cccc(F)c2F)[C@]12C(=O)Nc1cc(Cl)ccc12.O=C(O)C(F)(F)F. The normalized spacial score (nSPS) is 29.4.